The van der Waals surface area contributed by atoms with Gasteiger partial charge in [0.05, 0.1) is 37.0 Å². The number of nitrogens with zero attached hydrogens (tertiary/aromatic N) is 3. The van der Waals surface area contributed by atoms with Crippen LogP contribution in [0.5, 0.6) is 11.5 Å². The highest BCUT2D eigenvalue weighted by molar-refractivity contribution is 5.72. The van der Waals surface area contributed by atoms with Crippen LogP contribution in [-0.4, -0.2) is 34.4 Å². The maximum absolute atomic E-state index is 5.94. The van der Waals surface area contributed by atoms with Crippen molar-refractivity contribution in [2.75, 3.05) is 14.2 Å². The molecule has 0 fully saturated rings. The Labute approximate surface area is 245 Å². The van der Waals surface area contributed by atoms with Gasteiger partial charge in [0.2, 0.25) is 0 Å². The number of H-pyrrole nitrogens is 1. The molecule has 3 heterocycles. The second-order valence-electron chi connectivity index (χ2n) is 9.28. The van der Waals surface area contributed by atoms with E-state index in [9.17, 15) is 0 Å². The van der Waals surface area contributed by atoms with Gasteiger partial charge in [-0.15, -0.1) is 0 Å². The quantitative estimate of drug-likeness (QED) is 0.201. The first-order valence-corrected chi connectivity index (χ1v) is 13.5. The van der Waals surface area contributed by atoms with E-state index in [1.54, 1.807) is 26.6 Å². The number of benzene rings is 1. The summed E-state index contributed by atoms with van der Waals surface area (Å²) < 4.78 is 23.1. The average Bonchev–Trinajstić information content (AvgIpc) is 3.40. The van der Waals surface area contributed by atoms with Crippen LogP contribution < -0.4 is 9.47 Å². The van der Waals surface area contributed by atoms with Gasteiger partial charge in [0.25, 0.3) is 0 Å². The van der Waals surface area contributed by atoms with Crippen LogP contribution in [0, 0.1) is 0 Å². The van der Waals surface area contributed by atoms with Gasteiger partial charge in [-0.3, -0.25) is 15.1 Å². The minimum Gasteiger partial charge on any atom is -0.496 e. The monoisotopic (exact) mass is 560 g/mol. The molecule has 0 radical (unpaired) electrons. The van der Waals surface area contributed by atoms with Gasteiger partial charge in [0, 0.05) is 30.1 Å². The fourth-order valence-electron chi connectivity index (χ4n) is 4.19. The number of hydrogen-bond acceptors (Lipinski definition) is 7. The van der Waals surface area contributed by atoms with Crippen LogP contribution in [0.1, 0.15) is 34.8 Å². The maximum atomic E-state index is 5.94. The van der Waals surface area contributed by atoms with Crippen LogP contribution in [-0.2, 0) is 22.7 Å². The molecule has 8 heteroatoms. The predicted molar refractivity (Wildman–Crippen MR) is 163 cm³/mol. The van der Waals surface area contributed by atoms with E-state index in [1.807, 2.05) is 97.1 Å². The molecule has 4 aromatic rings. The van der Waals surface area contributed by atoms with Crippen molar-refractivity contribution in [1.82, 2.24) is 20.2 Å². The van der Waals surface area contributed by atoms with Gasteiger partial charge in [0.1, 0.15) is 36.2 Å². The molecular formula is C34H32N4O4. The highest BCUT2D eigenvalue weighted by Gasteiger charge is 2.09. The van der Waals surface area contributed by atoms with E-state index in [4.69, 9.17) is 18.9 Å². The van der Waals surface area contributed by atoms with Crippen molar-refractivity contribution in [2.24, 2.45) is 0 Å². The first kappa shape index (κ1) is 28.2. The Kier molecular flexibility index (Phi) is 9.60. The zero-order chi connectivity index (χ0) is 29.0. The third kappa shape index (κ3) is 7.85. The van der Waals surface area contributed by atoms with Crippen molar-refractivity contribution in [3.05, 3.63) is 143 Å². The summed E-state index contributed by atoms with van der Waals surface area (Å²) in [7, 11) is 3.30. The molecule has 0 saturated heterocycles. The molecule has 8 nitrogen and oxygen atoms in total. The molecule has 0 atom stereocenters. The molecule has 1 aromatic carbocycles. The Balaban J connectivity index is 1.22. The second kappa shape index (κ2) is 14.3. The van der Waals surface area contributed by atoms with Gasteiger partial charge in [-0.05, 0) is 78.8 Å². The van der Waals surface area contributed by atoms with Crippen molar-refractivity contribution in [3.63, 3.8) is 0 Å². The molecular weight excluding hydrogens is 528 g/mol. The summed E-state index contributed by atoms with van der Waals surface area (Å²) in [4.78, 5) is 8.59. The molecule has 0 unspecified atom stereocenters. The predicted octanol–water partition coefficient (Wildman–Crippen LogP) is 6.93. The first-order chi connectivity index (χ1) is 20.7. The standard InChI is InChI=1S/C34H32N4O4/c1-39-33-21-31(41-23-29-9-3-5-18-35-29)11-7-8-25(33)12-15-27-20-28(38-37-27)16-13-26-14-17-32(22-34(26)40-2)42-24-30-10-4-6-19-36-30/h3-7,9-22H,8,23-24H2,1-2H3,(H,37,38)/b15-12+,16-13+. The Morgan fingerprint density at radius 2 is 1.60 bits per heavy atom. The zero-order valence-corrected chi connectivity index (χ0v) is 23.6. The number of pyridine rings is 2. The van der Waals surface area contributed by atoms with Crippen LogP contribution in [0.4, 0.5) is 0 Å². The van der Waals surface area contributed by atoms with E-state index in [0.717, 1.165) is 45.4 Å². The molecule has 42 heavy (non-hydrogen) atoms. The lowest BCUT2D eigenvalue weighted by Gasteiger charge is -2.09. The summed E-state index contributed by atoms with van der Waals surface area (Å²) in [6.45, 7) is 0.776. The number of hydrogen-bond donors (Lipinski definition) is 1. The second-order valence-corrected chi connectivity index (χ2v) is 9.28. The van der Waals surface area contributed by atoms with Crippen molar-refractivity contribution < 1.29 is 18.9 Å². The molecule has 1 aliphatic carbocycles. The largest absolute Gasteiger partial charge is 0.496 e. The summed E-state index contributed by atoms with van der Waals surface area (Å²) in [6.07, 6.45) is 18.0. The van der Waals surface area contributed by atoms with E-state index in [-0.39, 0.29) is 0 Å². The lowest BCUT2D eigenvalue weighted by molar-refractivity contribution is 0.204. The molecule has 0 saturated carbocycles. The zero-order valence-electron chi connectivity index (χ0n) is 23.6. The highest BCUT2D eigenvalue weighted by atomic mass is 16.5. The van der Waals surface area contributed by atoms with Gasteiger partial charge in [-0.1, -0.05) is 24.3 Å². The molecule has 1 N–H and O–H groups in total. The van der Waals surface area contributed by atoms with Gasteiger partial charge in [0.15, 0.2) is 0 Å². The SMILES string of the molecule is COC1=C(/C=C/c2cc(/C=C/c3ccc(OCc4ccccn4)cc3OC)[nH]n2)CC=CC(OCc2ccccn2)=C1. The van der Waals surface area contributed by atoms with Gasteiger partial charge >= 0.3 is 0 Å². The minimum atomic E-state index is 0.387. The Morgan fingerprint density at radius 1 is 0.810 bits per heavy atom. The lowest BCUT2D eigenvalue weighted by atomic mass is 10.1. The third-order valence-electron chi connectivity index (χ3n) is 6.38. The molecule has 1 aliphatic rings. The number of ether oxygens (including phenoxy) is 4. The highest BCUT2D eigenvalue weighted by Crippen LogP contribution is 2.27. The first-order valence-electron chi connectivity index (χ1n) is 13.5. The average molecular weight is 561 g/mol. The van der Waals surface area contributed by atoms with Crippen molar-refractivity contribution in [3.8, 4) is 11.5 Å². The van der Waals surface area contributed by atoms with Crippen LogP contribution in [0.15, 0.2) is 114 Å². The summed E-state index contributed by atoms with van der Waals surface area (Å²) in [5.74, 6) is 2.88. The van der Waals surface area contributed by atoms with Gasteiger partial charge < -0.3 is 18.9 Å². The van der Waals surface area contributed by atoms with Crippen molar-refractivity contribution >= 4 is 18.2 Å². The summed E-state index contributed by atoms with van der Waals surface area (Å²) in [5, 5.41) is 7.49. The Bertz CT molecular complexity index is 1620. The van der Waals surface area contributed by atoms with Crippen LogP contribution in [0.3, 0.4) is 0 Å². The summed E-state index contributed by atoms with van der Waals surface area (Å²) in [6, 6.07) is 19.2. The van der Waals surface area contributed by atoms with E-state index in [2.05, 4.69) is 26.2 Å². The van der Waals surface area contributed by atoms with Crippen LogP contribution in [0.2, 0.25) is 0 Å². The van der Waals surface area contributed by atoms with Crippen LogP contribution in [0.25, 0.3) is 18.2 Å². The van der Waals surface area contributed by atoms with Crippen molar-refractivity contribution in [1.29, 1.82) is 0 Å². The van der Waals surface area contributed by atoms with E-state index in [1.165, 1.54) is 0 Å². The van der Waals surface area contributed by atoms with E-state index < -0.39 is 0 Å². The molecule has 0 amide bonds. The number of methoxy groups -OCH3 is 2. The number of aromatic amines is 1. The number of rotatable bonds is 12. The van der Waals surface area contributed by atoms with Crippen LogP contribution >= 0.6 is 0 Å². The molecule has 3 aromatic heterocycles. The maximum Gasteiger partial charge on any atom is 0.130 e. The van der Waals surface area contributed by atoms with Gasteiger partial charge in [-0.2, -0.15) is 5.10 Å². The number of aromatic nitrogens is 4. The number of allylic oxidation sites excluding steroid dienone is 5. The Hall–Kier alpha value is -5.37. The summed E-state index contributed by atoms with van der Waals surface area (Å²) in [5.41, 5.74) is 5.32. The topological polar surface area (TPSA) is 91.4 Å². The lowest BCUT2D eigenvalue weighted by Crippen LogP contribution is -1.98. The fourth-order valence-corrected chi connectivity index (χ4v) is 4.19. The van der Waals surface area contributed by atoms with E-state index >= 15 is 0 Å². The molecule has 5 rings (SSSR count). The van der Waals surface area contributed by atoms with E-state index in [0.29, 0.717) is 31.1 Å². The normalized spacial score (nSPS) is 13.3. The molecule has 0 spiro atoms. The molecule has 0 bridgehead atoms. The Morgan fingerprint density at radius 3 is 2.31 bits per heavy atom. The van der Waals surface area contributed by atoms with Gasteiger partial charge in [-0.25, -0.2) is 0 Å². The third-order valence-corrected chi connectivity index (χ3v) is 6.38. The fraction of sp³-hybridized carbons (Fsp3) is 0.147. The smallest absolute Gasteiger partial charge is 0.130 e. The van der Waals surface area contributed by atoms with Crippen molar-refractivity contribution in [2.45, 2.75) is 19.6 Å². The number of nitrogens with one attached hydrogen (secondary N) is 1. The molecule has 0 aliphatic heterocycles. The minimum absolute atomic E-state index is 0.387. The summed E-state index contributed by atoms with van der Waals surface area (Å²) >= 11 is 0. The molecule has 212 valence electrons.